The summed E-state index contributed by atoms with van der Waals surface area (Å²) in [7, 11) is 0. The predicted molar refractivity (Wildman–Crippen MR) is 97.8 cm³/mol. The fraction of sp³-hybridized carbons (Fsp3) is 0.722. The summed E-state index contributed by atoms with van der Waals surface area (Å²) in [6.07, 6.45) is 5.54. The second-order valence-corrected chi connectivity index (χ2v) is 6.75. The van der Waals surface area contributed by atoms with Crippen LogP contribution in [0.25, 0.3) is 0 Å². The number of aromatic nitrogens is 2. The number of hydrogen-bond acceptors (Lipinski definition) is 6. The van der Waals surface area contributed by atoms with Crippen molar-refractivity contribution < 1.29 is 9.53 Å². The summed E-state index contributed by atoms with van der Waals surface area (Å²) in [6.45, 7) is 7.77. The molecule has 0 unspecified atom stereocenters. The lowest BCUT2D eigenvalue weighted by atomic mass is 9.92. The number of rotatable bonds is 6. The van der Waals surface area contributed by atoms with Crippen molar-refractivity contribution in [1.29, 1.82) is 0 Å². The van der Waals surface area contributed by atoms with E-state index in [4.69, 9.17) is 4.74 Å². The smallest absolute Gasteiger partial charge is 0.222 e. The fourth-order valence-corrected chi connectivity index (χ4v) is 3.55. The number of carbonyl (C=O) groups excluding carboxylic acids is 1. The lowest BCUT2D eigenvalue weighted by Crippen LogP contribution is -2.41. The lowest BCUT2D eigenvalue weighted by molar-refractivity contribution is -0.135. The van der Waals surface area contributed by atoms with Gasteiger partial charge in [0.05, 0.1) is 13.2 Å². The van der Waals surface area contributed by atoms with E-state index in [1.165, 1.54) is 0 Å². The summed E-state index contributed by atoms with van der Waals surface area (Å²) in [4.78, 5) is 25.2. The average Bonchev–Trinajstić information content (AvgIpc) is 2.68. The van der Waals surface area contributed by atoms with Gasteiger partial charge in [-0.2, -0.15) is 0 Å². The molecule has 0 aromatic carbocycles. The van der Waals surface area contributed by atoms with Gasteiger partial charge >= 0.3 is 0 Å². The van der Waals surface area contributed by atoms with E-state index in [9.17, 15) is 4.79 Å². The maximum absolute atomic E-state index is 12.3. The number of morpholine rings is 1. The van der Waals surface area contributed by atoms with E-state index in [2.05, 4.69) is 27.1 Å². The number of hydrogen-bond donors (Lipinski definition) is 1. The molecule has 0 bridgehead atoms. The molecule has 2 aliphatic rings. The van der Waals surface area contributed by atoms with Crippen molar-refractivity contribution in [2.24, 2.45) is 5.92 Å². The van der Waals surface area contributed by atoms with Crippen LogP contribution in [0.1, 0.15) is 32.6 Å². The van der Waals surface area contributed by atoms with Crippen LogP contribution in [0.5, 0.6) is 0 Å². The minimum Gasteiger partial charge on any atom is -0.378 e. The van der Waals surface area contributed by atoms with Crippen LogP contribution in [0, 0.1) is 5.92 Å². The van der Waals surface area contributed by atoms with Crippen molar-refractivity contribution in [3.8, 4) is 0 Å². The number of nitrogens with zero attached hydrogens (tertiary/aromatic N) is 4. The first kappa shape index (κ1) is 17.9. The number of amides is 1. The second-order valence-electron chi connectivity index (χ2n) is 6.75. The molecule has 2 saturated heterocycles. The third-order valence-corrected chi connectivity index (χ3v) is 5.08. The highest BCUT2D eigenvalue weighted by molar-refractivity contribution is 5.76. The van der Waals surface area contributed by atoms with Gasteiger partial charge in [0.2, 0.25) is 5.91 Å². The van der Waals surface area contributed by atoms with Gasteiger partial charge in [-0.15, -0.1) is 0 Å². The molecule has 3 rings (SSSR count). The summed E-state index contributed by atoms with van der Waals surface area (Å²) >= 11 is 0. The largest absolute Gasteiger partial charge is 0.378 e. The van der Waals surface area contributed by atoms with Crippen LogP contribution < -0.4 is 10.2 Å². The Morgan fingerprint density at radius 3 is 2.72 bits per heavy atom. The third kappa shape index (κ3) is 5.04. The van der Waals surface area contributed by atoms with Crippen molar-refractivity contribution in [2.75, 3.05) is 56.2 Å². The zero-order chi connectivity index (χ0) is 17.5. The molecule has 1 aromatic rings. The van der Waals surface area contributed by atoms with E-state index < -0.39 is 0 Å². The zero-order valence-electron chi connectivity index (χ0n) is 15.1. The molecule has 1 aromatic heterocycles. The summed E-state index contributed by atoms with van der Waals surface area (Å²) in [5, 5.41) is 3.23. The van der Waals surface area contributed by atoms with Crippen LogP contribution in [-0.4, -0.2) is 66.7 Å². The fourth-order valence-electron chi connectivity index (χ4n) is 3.55. The van der Waals surface area contributed by atoms with Gasteiger partial charge in [0.15, 0.2) is 0 Å². The highest BCUT2D eigenvalue weighted by atomic mass is 16.5. The summed E-state index contributed by atoms with van der Waals surface area (Å²) in [5.74, 6) is 2.80. The molecule has 2 aliphatic heterocycles. The van der Waals surface area contributed by atoms with Crippen molar-refractivity contribution in [1.82, 2.24) is 14.9 Å². The van der Waals surface area contributed by atoms with Crippen LogP contribution in [0.2, 0.25) is 0 Å². The first-order chi connectivity index (χ1) is 12.3. The molecular weight excluding hydrogens is 318 g/mol. The van der Waals surface area contributed by atoms with Crippen molar-refractivity contribution in [3.63, 3.8) is 0 Å². The molecule has 0 aliphatic carbocycles. The van der Waals surface area contributed by atoms with Crippen LogP contribution in [0.3, 0.4) is 0 Å². The highest BCUT2D eigenvalue weighted by Gasteiger charge is 2.23. The normalized spacial score (nSPS) is 19.1. The molecule has 3 heterocycles. The molecule has 1 amide bonds. The van der Waals surface area contributed by atoms with E-state index >= 15 is 0 Å². The molecule has 25 heavy (non-hydrogen) atoms. The number of anilines is 2. The molecular formula is C18H29N5O2. The van der Waals surface area contributed by atoms with E-state index in [-0.39, 0.29) is 5.91 Å². The van der Waals surface area contributed by atoms with Gasteiger partial charge in [0.25, 0.3) is 0 Å². The van der Waals surface area contributed by atoms with Gasteiger partial charge < -0.3 is 19.9 Å². The van der Waals surface area contributed by atoms with Gasteiger partial charge in [0.1, 0.15) is 18.0 Å². The summed E-state index contributed by atoms with van der Waals surface area (Å²) in [5.41, 5.74) is 0. The van der Waals surface area contributed by atoms with E-state index in [0.717, 1.165) is 63.6 Å². The molecule has 0 saturated carbocycles. The van der Waals surface area contributed by atoms with Gasteiger partial charge in [-0.05, 0) is 32.1 Å². The Morgan fingerprint density at radius 2 is 2.00 bits per heavy atom. The minimum atomic E-state index is 0.289. The molecule has 7 heteroatoms. The Hall–Kier alpha value is -1.89. The summed E-state index contributed by atoms with van der Waals surface area (Å²) in [6, 6.07) is 2.02. The Morgan fingerprint density at radius 1 is 1.24 bits per heavy atom. The lowest BCUT2D eigenvalue weighted by Gasteiger charge is -2.33. The summed E-state index contributed by atoms with van der Waals surface area (Å²) < 4.78 is 5.31. The van der Waals surface area contributed by atoms with Gasteiger partial charge in [-0.3, -0.25) is 4.79 Å². The zero-order valence-corrected chi connectivity index (χ0v) is 15.1. The standard InChI is InChI=1S/C18H29N5O2/c1-2-19-16-13-17(21-14-20-16)22-7-5-15(6-8-22)3-4-18(24)23-9-11-25-12-10-23/h13-15H,2-12H2,1H3,(H,19,20,21). The van der Waals surface area contributed by atoms with E-state index in [1.54, 1.807) is 6.33 Å². The molecule has 2 fully saturated rings. The van der Waals surface area contributed by atoms with E-state index in [0.29, 0.717) is 25.6 Å². The Balaban J connectivity index is 1.42. The predicted octanol–water partition coefficient (Wildman–Crippen LogP) is 1.76. The number of nitrogens with one attached hydrogen (secondary N) is 1. The van der Waals surface area contributed by atoms with Crippen molar-refractivity contribution in [3.05, 3.63) is 12.4 Å². The molecule has 0 spiro atoms. The van der Waals surface area contributed by atoms with Crippen LogP contribution in [0.15, 0.2) is 12.4 Å². The molecule has 0 radical (unpaired) electrons. The first-order valence-electron chi connectivity index (χ1n) is 9.42. The Labute approximate surface area is 149 Å². The van der Waals surface area contributed by atoms with Crippen LogP contribution in [-0.2, 0) is 9.53 Å². The number of piperidine rings is 1. The maximum atomic E-state index is 12.3. The van der Waals surface area contributed by atoms with Crippen molar-refractivity contribution in [2.45, 2.75) is 32.6 Å². The van der Waals surface area contributed by atoms with E-state index in [1.807, 2.05) is 11.0 Å². The molecule has 1 N–H and O–H groups in total. The Kier molecular flexibility index (Phi) is 6.44. The van der Waals surface area contributed by atoms with Crippen LogP contribution >= 0.6 is 0 Å². The number of ether oxygens (including phenoxy) is 1. The molecule has 0 atom stereocenters. The SMILES string of the molecule is CCNc1cc(N2CCC(CCC(=O)N3CCOCC3)CC2)ncn1. The van der Waals surface area contributed by atoms with Crippen molar-refractivity contribution >= 4 is 17.5 Å². The minimum absolute atomic E-state index is 0.289. The Bertz CT molecular complexity index is 554. The van der Waals surface area contributed by atoms with Crippen LogP contribution in [0.4, 0.5) is 11.6 Å². The number of carbonyl (C=O) groups is 1. The quantitative estimate of drug-likeness (QED) is 0.846. The second kappa shape index (κ2) is 8.99. The molecule has 138 valence electrons. The monoisotopic (exact) mass is 347 g/mol. The topological polar surface area (TPSA) is 70.6 Å². The average molecular weight is 347 g/mol. The maximum Gasteiger partial charge on any atom is 0.222 e. The van der Waals surface area contributed by atoms with Gasteiger partial charge in [0, 0.05) is 45.2 Å². The van der Waals surface area contributed by atoms with Gasteiger partial charge in [-0.1, -0.05) is 0 Å². The first-order valence-corrected chi connectivity index (χ1v) is 9.42. The third-order valence-electron chi connectivity index (χ3n) is 5.08. The molecule has 7 nitrogen and oxygen atoms in total. The van der Waals surface area contributed by atoms with Gasteiger partial charge in [-0.25, -0.2) is 9.97 Å². The highest BCUT2D eigenvalue weighted by Crippen LogP contribution is 2.26.